The van der Waals surface area contributed by atoms with Crippen molar-refractivity contribution in [1.29, 1.82) is 0 Å². The number of carbonyl (C=O) groups is 2. The number of amides is 2. The van der Waals surface area contributed by atoms with Gasteiger partial charge in [-0.1, -0.05) is 26.0 Å². The van der Waals surface area contributed by atoms with Crippen LogP contribution >= 0.6 is 0 Å². The highest BCUT2D eigenvalue weighted by molar-refractivity contribution is 6.43. The van der Waals surface area contributed by atoms with E-state index >= 15 is 0 Å². The van der Waals surface area contributed by atoms with E-state index < -0.39 is 36.7 Å². The van der Waals surface area contributed by atoms with E-state index in [1.54, 1.807) is 0 Å². The third-order valence-corrected chi connectivity index (χ3v) is 4.18. The van der Waals surface area contributed by atoms with Gasteiger partial charge in [0.15, 0.2) is 0 Å². The largest absolute Gasteiger partial charge is 0.475 e. The first-order valence-corrected chi connectivity index (χ1v) is 9.24. The lowest BCUT2D eigenvalue weighted by molar-refractivity contribution is -0.123. The average molecular weight is 402 g/mol. The van der Waals surface area contributed by atoms with E-state index in [2.05, 4.69) is 20.6 Å². The van der Waals surface area contributed by atoms with Gasteiger partial charge in [0.1, 0.15) is 17.6 Å². The van der Waals surface area contributed by atoms with Gasteiger partial charge in [-0.2, -0.15) is 0 Å². The van der Waals surface area contributed by atoms with Crippen molar-refractivity contribution in [1.82, 2.24) is 20.6 Å². The van der Waals surface area contributed by atoms with Crippen molar-refractivity contribution >= 4 is 18.9 Å². The molecule has 154 valence electrons. The molecule has 2 aromatic rings. The molecule has 0 aliphatic heterocycles. The summed E-state index contributed by atoms with van der Waals surface area (Å²) in [5, 5.41) is 24.3. The van der Waals surface area contributed by atoms with Crippen molar-refractivity contribution in [3.8, 4) is 0 Å². The van der Waals surface area contributed by atoms with Crippen molar-refractivity contribution in [2.45, 2.75) is 38.7 Å². The van der Waals surface area contributed by atoms with Crippen LogP contribution in [-0.2, 0) is 11.2 Å². The number of hydrogen-bond donors (Lipinski definition) is 4. The summed E-state index contributed by atoms with van der Waals surface area (Å²) in [6.45, 7) is 3.76. The summed E-state index contributed by atoms with van der Waals surface area (Å²) in [5.41, 5.74) is 0.654. The van der Waals surface area contributed by atoms with Crippen LogP contribution in [0.5, 0.6) is 0 Å². The standard InChI is InChI=1S/C19H24BFN4O4/c1-12(2)9-17(20(28)29)25-18(26)15(10-13-3-5-14(21)6-4-13)24-19(27)16-11-22-7-8-23-16/h3-8,11-12,15,17,28-29H,9-10H2,1-2H3,(H,24,27)(H,25,26)/t15-,17-/m0/s1. The van der Waals surface area contributed by atoms with Crippen molar-refractivity contribution in [3.63, 3.8) is 0 Å². The molecule has 2 rings (SSSR count). The third-order valence-electron chi connectivity index (χ3n) is 4.18. The fourth-order valence-electron chi connectivity index (χ4n) is 2.76. The number of nitrogens with zero attached hydrogens (tertiary/aromatic N) is 2. The zero-order valence-corrected chi connectivity index (χ0v) is 16.2. The van der Waals surface area contributed by atoms with Gasteiger partial charge in [0.05, 0.1) is 12.1 Å². The van der Waals surface area contributed by atoms with Crippen LogP contribution in [0.4, 0.5) is 4.39 Å². The molecule has 8 nitrogen and oxygen atoms in total. The maximum absolute atomic E-state index is 13.2. The van der Waals surface area contributed by atoms with Crippen molar-refractivity contribution in [2.75, 3.05) is 0 Å². The van der Waals surface area contributed by atoms with Crippen LogP contribution in [-0.4, -0.2) is 50.9 Å². The minimum atomic E-state index is -1.75. The predicted molar refractivity (Wildman–Crippen MR) is 105 cm³/mol. The topological polar surface area (TPSA) is 124 Å². The Morgan fingerprint density at radius 3 is 2.38 bits per heavy atom. The van der Waals surface area contributed by atoms with Crippen LogP contribution < -0.4 is 10.6 Å². The number of rotatable bonds is 9. The van der Waals surface area contributed by atoms with Crippen LogP contribution in [0.1, 0.15) is 36.3 Å². The molecule has 0 spiro atoms. The summed E-state index contributed by atoms with van der Waals surface area (Å²) in [6, 6.07) is 4.50. The molecule has 0 saturated carbocycles. The Morgan fingerprint density at radius 2 is 1.83 bits per heavy atom. The van der Waals surface area contributed by atoms with Gasteiger partial charge < -0.3 is 20.7 Å². The summed E-state index contributed by atoms with van der Waals surface area (Å²) in [7, 11) is -1.75. The summed E-state index contributed by atoms with van der Waals surface area (Å²) >= 11 is 0. The fraction of sp³-hybridized carbons (Fsp3) is 0.368. The number of nitrogens with one attached hydrogen (secondary N) is 2. The quantitative estimate of drug-likeness (QED) is 0.453. The molecule has 0 fully saturated rings. The fourth-order valence-corrected chi connectivity index (χ4v) is 2.76. The minimum Gasteiger partial charge on any atom is -0.426 e. The maximum atomic E-state index is 13.2. The second-order valence-corrected chi connectivity index (χ2v) is 7.11. The Labute approximate surface area is 168 Å². The van der Waals surface area contributed by atoms with Crippen molar-refractivity contribution in [2.24, 2.45) is 5.92 Å². The summed E-state index contributed by atoms with van der Waals surface area (Å²) in [5.74, 6) is -2.41. The number of benzene rings is 1. The van der Waals surface area contributed by atoms with E-state index in [1.165, 1.54) is 42.9 Å². The highest BCUT2D eigenvalue weighted by Crippen LogP contribution is 2.10. The highest BCUT2D eigenvalue weighted by Gasteiger charge is 2.30. The lowest BCUT2D eigenvalue weighted by atomic mass is 9.75. The van der Waals surface area contributed by atoms with Gasteiger partial charge in [0, 0.05) is 18.8 Å². The molecule has 1 aromatic heterocycles. The second-order valence-electron chi connectivity index (χ2n) is 7.11. The average Bonchev–Trinajstić information content (AvgIpc) is 2.68. The van der Waals surface area contributed by atoms with Crippen LogP contribution in [0, 0.1) is 11.7 Å². The summed E-state index contributed by atoms with van der Waals surface area (Å²) < 4.78 is 13.2. The first-order valence-electron chi connectivity index (χ1n) is 9.24. The van der Waals surface area contributed by atoms with Crippen LogP contribution in [0.2, 0.25) is 0 Å². The van der Waals surface area contributed by atoms with E-state index in [9.17, 15) is 24.0 Å². The lowest BCUT2D eigenvalue weighted by Crippen LogP contribution is -2.55. The Hall–Kier alpha value is -2.85. The van der Waals surface area contributed by atoms with Crippen molar-refractivity contribution in [3.05, 3.63) is 59.9 Å². The molecule has 4 N–H and O–H groups in total. The zero-order chi connectivity index (χ0) is 21.4. The molecule has 29 heavy (non-hydrogen) atoms. The number of halogens is 1. The summed E-state index contributed by atoms with van der Waals surface area (Å²) in [4.78, 5) is 33.0. The monoisotopic (exact) mass is 402 g/mol. The first-order chi connectivity index (χ1) is 13.8. The maximum Gasteiger partial charge on any atom is 0.475 e. The lowest BCUT2D eigenvalue weighted by Gasteiger charge is -2.24. The van der Waals surface area contributed by atoms with Crippen LogP contribution in [0.3, 0.4) is 0 Å². The number of hydrogen-bond acceptors (Lipinski definition) is 6. The Balaban J connectivity index is 2.19. The van der Waals surface area contributed by atoms with Gasteiger partial charge in [-0.25, -0.2) is 9.37 Å². The Bertz CT molecular complexity index is 806. The highest BCUT2D eigenvalue weighted by atomic mass is 19.1. The number of carbonyl (C=O) groups excluding carboxylic acids is 2. The predicted octanol–water partition coefficient (Wildman–Crippen LogP) is 0.500. The van der Waals surface area contributed by atoms with Crippen molar-refractivity contribution < 1.29 is 24.0 Å². The van der Waals surface area contributed by atoms with Crippen LogP contribution in [0.15, 0.2) is 42.9 Å². The molecule has 2 atom stereocenters. The molecular weight excluding hydrogens is 378 g/mol. The molecule has 10 heteroatoms. The molecular formula is C19H24BFN4O4. The van der Waals surface area contributed by atoms with E-state index in [-0.39, 0.29) is 18.0 Å². The molecule has 0 aliphatic rings. The molecule has 0 saturated heterocycles. The SMILES string of the molecule is CC(C)C[C@H](NC(=O)[C@H](Cc1ccc(F)cc1)NC(=O)c1cnccn1)B(O)O. The van der Waals surface area contributed by atoms with E-state index in [0.29, 0.717) is 12.0 Å². The molecule has 0 radical (unpaired) electrons. The van der Waals surface area contributed by atoms with Crippen LogP contribution in [0.25, 0.3) is 0 Å². The van der Waals surface area contributed by atoms with E-state index in [1.807, 2.05) is 13.8 Å². The third kappa shape index (κ3) is 7.24. The molecule has 1 heterocycles. The normalized spacial score (nSPS) is 12.9. The summed E-state index contributed by atoms with van der Waals surface area (Å²) in [6.07, 6.45) is 4.45. The Kier molecular flexibility index (Phi) is 8.23. The molecule has 2 amide bonds. The zero-order valence-electron chi connectivity index (χ0n) is 16.2. The minimum absolute atomic E-state index is 0.0327. The van der Waals surface area contributed by atoms with Gasteiger partial charge in [-0.15, -0.1) is 0 Å². The van der Waals surface area contributed by atoms with E-state index in [0.717, 1.165) is 0 Å². The first kappa shape index (κ1) is 22.4. The van der Waals surface area contributed by atoms with Gasteiger partial charge >= 0.3 is 7.12 Å². The molecule has 0 unspecified atom stereocenters. The van der Waals surface area contributed by atoms with Gasteiger partial charge in [-0.05, 0) is 30.0 Å². The van der Waals surface area contributed by atoms with E-state index in [4.69, 9.17) is 0 Å². The molecule has 0 bridgehead atoms. The van der Waals surface area contributed by atoms with Gasteiger partial charge in [-0.3, -0.25) is 14.6 Å². The molecule has 0 aliphatic carbocycles. The second kappa shape index (κ2) is 10.6. The molecule has 1 aromatic carbocycles. The Morgan fingerprint density at radius 1 is 1.14 bits per heavy atom. The number of aromatic nitrogens is 2. The van der Waals surface area contributed by atoms with Gasteiger partial charge in [0.2, 0.25) is 5.91 Å². The smallest absolute Gasteiger partial charge is 0.426 e. The van der Waals surface area contributed by atoms with Gasteiger partial charge in [0.25, 0.3) is 5.91 Å².